The average molecular weight is 357 g/mol. The van der Waals surface area contributed by atoms with Crippen LogP contribution in [0.5, 0.6) is 0 Å². The minimum absolute atomic E-state index is 0.0502. The molecule has 113 valence electrons. The Morgan fingerprint density at radius 2 is 1.95 bits per heavy atom. The van der Waals surface area contributed by atoms with E-state index in [1.165, 1.54) is 11.1 Å². The predicted molar refractivity (Wildman–Crippen MR) is 92.8 cm³/mol. The van der Waals surface area contributed by atoms with Gasteiger partial charge in [-0.3, -0.25) is 0 Å². The molecule has 0 saturated carbocycles. The Bertz CT molecular complexity index is 429. The summed E-state index contributed by atoms with van der Waals surface area (Å²) in [6.07, 6.45) is 0.910. The smallest absolute Gasteiger partial charge is 0.0587 e. The van der Waals surface area contributed by atoms with E-state index in [0.717, 1.165) is 17.4 Å². The highest BCUT2D eigenvalue weighted by Crippen LogP contribution is 2.26. The first-order chi connectivity index (χ1) is 9.25. The maximum Gasteiger partial charge on any atom is 0.0587 e. The molecule has 0 spiro atoms. The molecule has 2 nitrogen and oxygen atoms in total. The first-order valence-corrected chi connectivity index (χ1v) is 10.5. The van der Waals surface area contributed by atoms with Gasteiger partial charge in [0, 0.05) is 25.9 Å². The van der Waals surface area contributed by atoms with Gasteiger partial charge in [-0.2, -0.15) is 0 Å². The van der Waals surface area contributed by atoms with Crippen molar-refractivity contribution in [2.24, 2.45) is 0 Å². The minimum Gasteiger partial charge on any atom is -0.395 e. The maximum absolute atomic E-state index is 9.03. The number of nitrogens with one attached hydrogen (secondary N) is 1. The minimum atomic E-state index is -0.0502. The van der Waals surface area contributed by atoms with Crippen LogP contribution < -0.4 is 5.32 Å². The van der Waals surface area contributed by atoms with Crippen LogP contribution in [0.2, 0.25) is 18.1 Å². The van der Waals surface area contributed by atoms with E-state index in [-0.39, 0.29) is 21.4 Å². The second kappa shape index (κ2) is 7.73. The lowest BCUT2D eigenvalue weighted by Crippen LogP contribution is -2.38. The molecule has 4 heteroatoms. The third kappa shape index (κ3) is 5.32. The Hall–Kier alpha value is -0.163. The first kappa shape index (κ1) is 17.9. The zero-order valence-electron chi connectivity index (χ0n) is 13.3. The number of rotatable bonds is 1. The van der Waals surface area contributed by atoms with E-state index in [2.05, 4.69) is 67.2 Å². The van der Waals surface area contributed by atoms with Crippen LogP contribution in [0.15, 0.2) is 22.7 Å². The summed E-state index contributed by atoms with van der Waals surface area (Å²) in [6, 6.07) is 6.44. The van der Waals surface area contributed by atoms with Gasteiger partial charge >= 0.3 is 0 Å². The van der Waals surface area contributed by atoms with Gasteiger partial charge in [0.15, 0.2) is 0 Å². The molecule has 2 N–H and O–H groups in total. The molecule has 1 atom stereocenters. The fourth-order valence-electron chi connectivity index (χ4n) is 1.70. The van der Waals surface area contributed by atoms with Crippen molar-refractivity contribution in [3.05, 3.63) is 33.8 Å². The summed E-state index contributed by atoms with van der Waals surface area (Å²) in [7, 11) is -0.0502. The summed E-state index contributed by atoms with van der Waals surface area (Å²) in [6.45, 7) is 12.7. The summed E-state index contributed by atoms with van der Waals surface area (Å²) in [5.41, 5.74) is 2.67. The molecule has 2 rings (SSSR count). The van der Waals surface area contributed by atoms with E-state index in [1.54, 1.807) is 0 Å². The van der Waals surface area contributed by atoms with E-state index < -0.39 is 0 Å². The van der Waals surface area contributed by atoms with Gasteiger partial charge in [-0.1, -0.05) is 61.9 Å². The van der Waals surface area contributed by atoms with E-state index in [4.69, 9.17) is 5.11 Å². The van der Waals surface area contributed by atoms with E-state index in [0.29, 0.717) is 5.04 Å². The lowest BCUT2D eigenvalue weighted by atomic mass is 9.96. The Morgan fingerprint density at radius 3 is 2.45 bits per heavy atom. The van der Waals surface area contributed by atoms with Crippen LogP contribution in [0.4, 0.5) is 0 Å². The van der Waals surface area contributed by atoms with Gasteiger partial charge in [0.25, 0.3) is 0 Å². The third-order valence-corrected chi connectivity index (χ3v) is 7.71. The molecule has 0 bridgehead atoms. The topological polar surface area (TPSA) is 32.3 Å². The molecule has 1 aromatic carbocycles. The molecule has 1 radical (unpaired) electrons. The second-order valence-electron chi connectivity index (χ2n) is 6.59. The third-order valence-electron chi connectivity index (χ3n) is 3.97. The number of benzene rings is 1. The first-order valence-electron chi connectivity index (χ1n) is 7.17. The monoisotopic (exact) mass is 356 g/mol. The predicted octanol–water partition coefficient (Wildman–Crippen LogP) is 4.00. The summed E-state index contributed by atoms with van der Waals surface area (Å²) in [5, 5.41) is 12.9. The van der Waals surface area contributed by atoms with Crippen molar-refractivity contribution >= 4 is 24.7 Å². The van der Waals surface area contributed by atoms with Crippen LogP contribution in [0.1, 0.15) is 31.9 Å². The highest BCUT2D eigenvalue weighted by Gasteiger charge is 2.18. The zero-order chi connectivity index (χ0) is 15.3. The van der Waals surface area contributed by atoms with Crippen molar-refractivity contribution < 1.29 is 5.11 Å². The van der Waals surface area contributed by atoms with Gasteiger partial charge in [-0.25, -0.2) is 0 Å². The highest BCUT2D eigenvalue weighted by atomic mass is 79.9. The van der Waals surface area contributed by atoms with Gasteiger partial charge in [0.2, 0.25) is 0 Å². The normalized spacial score (nSPS) is 18.3. The molecule has 0 saturated heterocycles. The molecule has 0 fully saturated rings. The largest absolute Gasteiger partial charge is 0.395 e. The van der Waals surface area contributed by atoms with E-state index >= 15 is 0 Å². The summed E-state index contributed by atoms with van der Waals surface area (Å²) < 4.78 is 1.16. The van der Waals surface area contributed by atoms with Crippen LogP contribution in [0.3, 0.4) is 0 Å². The fourth-order valence-corrected chi connectivity index (χ4v) is 2.27. The number of aliphatic hydroxyl groups excluding tert-OH is 1. The van der Waals surface area contributed by atoms with Crippen molar-refractivity contribution in [1.29, 1.82) is 0 Å². The molecule has 1 aliphatic rings. The number of aliphatic hydroxyl groups is 1. The molecule has 0 aromatic heterocycles. The van der Waals surface area contributed by atoms with Crippen molar-refractivity contribution in [2.45, 2.75) is 57.9 Å². The fraction of sp³-hybridized carbons (Fsp3) is 0.625. The molecular weight excluding hydrogens is 330 g/mol. The highest BCUT2D eigenvalue weighted by molar-refractivity contribution is 9.10. The van der Waals surface area contributed by atoms with Crippen molar-refractivity contribution in [3.8, 4) is 0 Å². The molecule has 0 aliphatic carbocycles. The van der Waals surface area contributed by atoms with Crippen LogP contribution >= 0.6 is 15.9 Å². The summed E-state index contributed by atoms with van der Waals surface area (Å²) in [5.74, 6) is 0. The molecule has 1 aliphatic heterocycles. The van der Waals surface area contributed by atoms with Gasteiger partial charge < -0.3 is 10.4 Å². The maximum atomic E-state index is 9.03. The number of fused-ring (bicyclic) bond motifs is 1. The van der Waals surface area contributed by atoms with Gasteiger partial charge in [-0.05, 0) is 28.7 Å². The Morgan fingerprint density at radius 1 is 1.35 bits per heavy atom. The Balaban J connectivity index is 0.000000246. The van der Waals surface area contributed by atoms with Gasteiger partial charge in [0.05, 0.1) is 6.61 Å². The van der Waals surface area contributed by atoms with Crippen molar-refractivity contribution in [1.82, 2.24) is 5.32 Å². The number of halogens is 1. The zero-order valence-corrected chi connectivity index (χ0v) is 15.8. The van der Waals surface area contributed by atoms with Gasteiger partial charge in [0.1, 0.15) is 0 Å². The van der Waals surface area contributed by atoms with Crippen LogP contribution in [0, 0.1) is 0 Å². The Labute approximate surface area is 133 Å². The van der Waals surface area contributed by atoms with Gasteiger partial charge in [-0.15, -0.1) is 0 Å². The van der Waals surface area contributed by atoms with Crippen molar-refractivity contribution in [2.75, 3.05) is 6.61 Å². The van der Waals surface area contributed by atoms with Crippen molar-refractivity contribution in [3.63, 3.8) is 0 Å². The van der Waals surface area contributed by atoms with E-state index in [9.17, 15) is 0 Å². The molecule has 0 unspecified atom stereocenters. The van der Waals surface area contributed by atoms with Crippen LogP contribution in [-0.4, -0.2) is 26.6 Å². The molecule has 1 heterocycles. The molecular formula is C16H27BrNOSi. The second-order valence-corrected chi connectivity index (χ2v) is 10.9. The average Bonchev–Trinajstić information content (AvgIpc) is 2.38. The SMILES string of the molecule is C[Si](C)C(C)(C)C.OC[C@H]1Cc2c(Br)cccc2CN1. The molecule has 1 aromatic rings. The Kier molecular flexibility index (Phi) is 6.92. The lowest BCUT2D eigenvalue weighted by molar-refractivity contribution is 0.235. The summed E-state index contributed by atoms with van der Waals surface area (Å²) in [4.78, 5) is 0. The molecule has 20 heavy (non-hydrogen) atoms. The molecule has 0 amide bonds. The van der Waals surface area contributed by atoms with Crippen LogP contribution in [0.25, 0.3) is 0 Å². The standard InChI is InChI=1S/C10H12BrNO.C6H15Si/c11-10-3-1-2-7-5-12-8(6-13)4-9(7)10;1-6(2,3)7(4)5/h1-3,8,12-13H,4-6H2;1-5H3/t8-;/m1./s1. The number of hydrogen-bond donors (Lipinski definition) is 2. The van der Waals surface area contributed by atoms with E-state index in [1.807, 2.05) is 6.07 Å². The lowest BCUT2D eigenvalue weighted by Gasteiger charge is -2.25. The van der Waals surface area contributed by atoms with Crippen LogP contribution in [-0.2, 0) is 13.0 Å². The quantitative estimate of drug-likeness (QED) is 0.745. The summed E-state index contributed by atoms with van der Waals surface area (Å²) >= 11 is 3.53. The number of hydrogen-bond acceptors (Lipinski definition) is 2.